The molecular formula is C17H17F3N4O4S2. The van der Waals surface area contributed by atoms with Crippen molar-refractivity contribution < 1.29 is 31.1 Å². The number of hydrogen-bond acceptors (Lipinski definition) is 9. The van der Waals surface area contributed by atoms with Gasteiger partial charge in [-0.3, -0.25) is 9.79 Å². The second kappa shape index (κ2) is 9.34. The summed E-state index contributed by atoms with van der Waals surface area (Å²) < 4.78 is 70.7. The van der Waals surface area contributed by atoms with E-state index in [2.05, 4.69) is 14.3 Å². The Morgan fingerprint density at radius 1 is 1.37 bits per heavy atom. The third-order valence-electron chi connectivity index (χ3n) is 3.47. The minimum atomic E-state index is -4.80. The van der Waals surface area contributed by atoms with Gasteiger partial charge >= 0.3 is 12.1 Å². The molecule has 0 amide bonds. The first-order valence-corrected chi connectivity index (χ1v) is 11.0. The van der Waals surface area contributed by atoms with Crippen LogP contribution in [0.2, 0.25) is 0 Å². The molecule has 162 valence electrons. The fourth-order valence-corrected chi connectivity index (χ4v) is 3.40. The smallest absolute Gasteiger partial charge is 0.430 e. The highest BCUT2D eigenvalue weighted by atomic mass is 32.2. The van der Waals surface area contributed by atoms with Crippen LogP contribution in [-0.4, -0.2) is 55.0 Å². The summed E-state index contributed by atoms with van der Waals surface area (Å²) in [5, 5.41) is -0.0359. The van der Waals surface area contributed by atoms with Crippen LogP contribution in [0.5, 0.6) is 0 Å². The van der Waals surface area contributed by atoms with E-state index >= 15 is 0 Å². The highest BCUT2D eigenvalue weighted by molar-refractivity contribution is 7.90. The van der Waals surface area contributed by atoms with Gasteiger partial charge in [-0.25, -0.2) is 13.4 Å². The minimum absolute atomic E-state index is 0.0359. The van der Waals surface area contributed by atoms with Gasteiger partial charge < -0.3 is 10.5 Å². The molecule has 1 aromatic carbocycles. The van der Waals surface area contributed by atoms with Crippen LogP contribution in [0.4, 0.5) is 13.2 Å². The van der Waals surface area contributed by atoms with E-state index in [1.165, 1.54) is 18.2 Å². The van der Waals surface area contributed by atoms with Gasteiger partial charge in [0.1, 0.15) is 12.2 Å². The molecule has 0 aliphatic carbocycles. The third kappa shape index (κ3) is 6.35. The molecule has 2 rings (SSSR count). The maximum atomic E-state index is 12.8. The minimum Gasteiger partial charge on any atom is -0.465 e. The largest absolute Gasteiger partial charge is 0.465 e. The van der Waals surface area contributed by atoms with E-state index in [4.69, 9.17) is 10.5 Å². The number of allylic oxidation sites excluding steroid dienone is 2. The van der Waals surface area contributed by atoms with Crippen LogP contribution >= 0.6 is 11.5 Å². The van der Waals surface area contributed by atoms with Crippen molar-refractivity contribution in [1.29, 1.82) is 0 Å². The van der Waals surface area contributed by atoms with Crippen LogP contribution in [0.3, 0.4) is 0 Å². The van der Waals surface area contributed by atoms with Crippen molar-refractivity contribution in [2.75, 3.05) is 19.4 Å². The third-order valence-corrected chi connectivity index (χ3v) is 5.32. The van der Waals surface area contributed by atoms with Crippen molar-refractivity contribution in [2.45, 2.75) is 18.0 Å². The molecule has 1 heterocycles. The molecule has 13 heteroatoms. The van der Waals surface area contributed by atoms with Gasteiger partial charge in [0.15, 0.2) is 20.7 Å². The number of aromatic nitrogens is 2. The van der Waals surface area contributed by atoms with Gasteiger partial charge in [-0.15, -0.1) is 0 Å². The Morgan fingerprint density at radius 2 is 2.07 bits per heavy atom. The Hall–Kier alpha value is -2.80. The fraction of sp³-hybridized carbons (Fsp3) is 0.294. The lowest BCUT2D eigenvalue weighted by Gasteiger charge is -2.06. The zero-order valence-corrected chi connectivity index (χ0v) is 17.4. The van der Waals surface area contributed by atoms with E-state index in [1.54, 1.807) is 13.0 Å². The maximum Gasteiger partial charge on any atom is 0.430 e. The van der Waals surface area contributed by atoms with Crippen LogP contribution in [0.1, 0.15) is 11.9 Å². The molecular weight excluding hydrogens is 445 g/mol. The van der Waals surface area contributed by atoms with Crippen molar-refractivity contribution in [1.82, 2.24) is 9.36 Å². The number of ether oxygens (including phenoxy) is 1. The molecule has 0 fully saturated rings. The Bertz CT molecular complexity index is 1090. The number of sulfone groups is 1. The molecule has 0 aliphatic rings. The number of carbonyl (C=O) groups excluding carboxylic acids is 1. The Balaban J connectivity index is 2.45. The summed E-state index contributed by atoms with van der Waals surface area (Å²) in [4.78, 5) is 19.5. The number of aliphatic imine (C=N–C) groups is 1. The predicted molar refractivity (Wildman–Crippen MR) is 105 cm³/mol. The van der Waals surface area contributed by atoms with E-state index in [-0.39, 0.29) is 28.0 Å². The second-order valence-electron chi connectivity index (χ2n) is 5.83. The fourth-order valence-electron chi connectivity index (χ4n) is 2.07. The molecule has 2 N–H and O–H groups in total. The summed E-state index contributed by atoms with van der Waals surface area (Å²) in [5.41, 5.74) is 3.68. The summed E-state index contributed by atoms with van der Waals surface area (Å²) in [7, 11) is -3.48. The number of alkyl halides is 3. The van der Waals surface area contributed by atoms with Crippen molar-refractivity contribution in [3.05, 3.63) is 41.0 Å². The van der Waals surface area contributed by atoms with Gasteiger partial charge in [-0.05, 0) is 36.7 Å². The molecule has 0 saturated heterocycles. The Labute approximate surface area is 174 Å². The standard InChI is InChI=1S/C17H17F3N4O4S2/c1-3-28-14(25)9-22-12(8-13(21)17(18,19)20)16-23-15(24-29-16)10-5-4-6-11(7-10)30(2,26)27/h4-8H,3,9,21H2,1-2H3. The number of nitrogens with zero attached hydrogens (tertiary/aromatic N) is 3. The Morgan fingerprint density at radius 3 is 2.67 bits per heavy atom. The zero-order chi connectivity index (χ0) is 22.5. The van der Waals surface area contributed by atoms with Crippen molar-refractivity contribution in [3.63, 3.8) is 0 Å². The predicted octanol–water partition coefficient (Wildman–Crippen LogP) is 2.37. The first kappa shape index (κ1) is 23.5. The molecule has 0 unspecified atom stereocenters. The average molecular weight is 462 g/mol. The summed E-state index contributed by atoms with van der Waals surface area (Å²) in [6.45, 7) is 1.12. The summed E-state index contributed by atoms with van der Waals surface area (Å²) in [6.07, 6.45) is -3.21. The number of esters is 1. The molecule has 0 aliphatic heterocycles. The van der Waals surface area contributed by atoms with E-state index in [1.807, 2.05) is 0 Å². The number of carbonyl (C=O) groups is 1. The van der Waals surface area contributed by atoms with Crippen LogP contribution in [0.15, 0.2) is 45.9 Å². The van der Waals surface area contributed by atoms with Crippen LogP contribution in [0, 0.1) is 0 Å². The molecule has 0 radical (unpaired) electrons. The monoisotopic (exact) mass is 462 g/mol. The summed E-state index contributed by atoms with van der Waals surface area (Å²) in [6, 6.07) is 5.78. The number of benzene rings is 1. The van der Waals surface area contributed by atoms with Crippen LogP contribution in [-0.2, 0) is 19.4 Å². The van der Waals surface area contributed by atoms with Crippen LogP contribution in [0.25, 0.3) is 11.4 Å². The van der Waals surface area contributed by atoms with Gasteiger partial charge in [0.25, 0.3) is 0 Å². The van der Waals surface area contributed by atoms with E-state index in [0.29, 0.717) is 11.6 Å². The van der Waals surface area contributed by atoms with E-state index in [0.717, 1.165) is 17.8 Å². The quantitative estimate of drug-likeness (QED) is 0.495. The van der Waals surface area contributed by atoms with Gasteiger partial charge in [0, 0.05) is 11.8 Å². The average Bonchev–Trinajstić information content (AvgIpc) is 3.14. The van der Waals surface area contributed by atoms with Crippen molar-refractivity contribution in [2.24, 2.45) is 10.7 Å². The SMILES string of the molecule is CCOC(=O)CN=C(C=C(N)C(F)(F)F)c1nc(-c2cccc(S(C)(=O)=O)c2)ns1. The second-order valence-corrected chi connectivity index (χ2v) is 8.59. The van der Waals surface area contributed by atoms with Crippen LogP contribution < -0.4 is 5.73 Å². The first-order chi connectivity index (χ1) is 13.9. The topological polar surface area (TPSA) is 125 Å². The van der Waals surface area contributed by atoms with Gasteiger partial charge in [0.2, 0.25) is 0 Å². The normalized spacial score (nSPS) is 13.4. The summed E-state index contributed by atoms with van der Waals surface area (Å²) in [5.74, 6) is -0.650. The number of rotatable bonds is 7. The van der Waals surface area contributed by atoms with E-state index in [9.17, 15) is 26.4 Å². The highest BCUT2D eigenvalue weighted by Gasteiger charge is 2.32. The zero-order valence-electron chi connectivity index (χ0n) is 15.8. The van der Waals surface area contributed by atoms with Gasteiger partial charge in [0.05, 0.1) is 17.2 Å². The maximum absolute atomic E-state index is 12.8. The summed E-state index contributed by atoms with van der Waals surface area (Å²) >= 11 is 0.723. The molecule has 2 aromatic rings. The molecule has 0 spiro atoms. The van der Waals surface area contributed by atoms with Gasteiger partial charge in [-0.2, -0.15) is 17.5 Å². The van der Waals surface area contributed by atoms with Crippen molar-refractivity contribution >= 4 is 33.1 Å². The van der Waals surface area contributed by atoms with Crippen molar-refractivity contribution in [3.8, 4) is 11.4 Å². The number of halogens is 3. The molecule has 0 saturated carbocycles. The highest BCUT2D eigenvalue weighted by Crippen LogP contribution is 2.24. The number of nitrogens with two attached hydrogens (primary N) is 1. The molecule has 0 atom stereocenters. The lowest BCUT2D eigenvalue weighted by Crippen LogP contribution is -2.21. The van der Waals surface area contributed by atoms with E-state index < -0.39 is 34.2 Å². The van der Waals surface area contributed by atoms with Gasteiger partial charge in [-0.1, -0.05) is 12.1 Å². The molecule has 1 aromatic heterocycles. The molecule has 8 nitrogen and oxygen atoms in total. The molecule has 30 heavy (non-hydrogen) atoms. The first-order valence-electron chi connectivity index (χ1n) is 8.30. The Kier molecular flexibility index (Phi) is 7.31. The lowest BCUT2D eigenvalue weighted by molar-refractivity contribution is -0.141. The lowest BCUT2D eigenvalue weighted by atomic mass is 10.2. The molecule has 0 bridgehead atoms. The number of hydrogen-bond donors (Lipinski definition) is 1.